The first-order chi connectivity index (χ1) is 14.2. The Kier molecular flexibility index (Phi) is 5.25. The Hall–Kier alpha value is -2.56. The van der Waals surface area contributed by atoms with Crippen LogP contribution in [0.25, 0.3) is 5.65 Å². The van der Waals surface area contributed by atoms with Gasteiger partial charge in [-0.15, -0.1) is 5.10 Å². The number of hydrogen-bond acceptors (Lipinski definition) is 6. The monoisotopic (exact) mass is 438 g/mol. The highest BCUT2D eigenvalue weighted by Crippen LogP contribution is 2.36. The predicted octanol–water partition coefficient (Wildman–Crippen LogP) is 4.26. The maximum Gasteiger partial charge on any atom is 0.433 e. The zero-order valence-corrected chi connectivity index (χ0v) is 17.6. The molecule has 3 aromatic heterocycles. The van der Waals surface area contributed by atoms with Crippen LogP contribution in [-0.4, -0.2) is 41.5 Å². The van der Waals surface area contributed by atoms with E-state index in [4.69, 9.17) is 0 Å². The molecular weight excluding hydrogens is 417 g/mol. The zero-order chi connectivity index (χ0) is 21.6. The number of aryl methyl sites for hydroxylation is 1. The lowest BCUT2D eigenvalue weighted by atomic mass is 10.1. The van der Waals surface area contributed by atoms with Crippen molar-refractivity contribution >= 4 is 23.1 Å². The average molecular weight is 438 g/mol. The van der Waals surface area contributed by atoms with Gasteiger partial charge >= 0.3 is 6.18 Å². The van der Waals surface area contributed by atoms with Gasteiger partial charge in [-0.1, -0.05) is 25.3 Å². The lowest BCUT2D eigenvalue weighted by Gasteiger charge is -2.22. The van der Waals surface area contributed by atoms with Crippen molar-refractivity contribution in [1.82, 2.24) is 29.1 Å². The number of aromatic nitrogens is 5. The van der Waals surface area contributed by atoms with Crippen LogP contribution < -0.4 is 0 Å². The van der Waals surface area contributed by atoms with Gasteiger partial charge in [-0.25, -0.2) is 9.50 Å². The van der Waals surface area contributed by atoms with Gasteiger partial charge in [0.25, 0.3) is 5.91 Å². The van der Waals surface area contributed by atoms with Gasteiger partial charge in [0.1, 0.15) is 10.6 Å². The fourth-order valence-corrected chi connectivity index (χ4v) is 4.43. The van der Waals surface area contributed by atoms with E-state index < -0.39 is 17.9 Å². The number of rotatable bonds is 4. The summed E-state index contributed by atoms with van der Waals surface area (Å²) < 4.78 is 45.7. The minimum absolute atomic E-state index is 0.136. The molecule has 1 atom stereocenters. The standard InChI is InChI=1S/C19H21F3N6OS/c1-4-11-17(30-26-24-11)18(29)27-7-5-6-14(27)13-9-16-23-12(10(2)3)8-15(19(20,21)22)28(16)25-13/h8-10,14H,4-7H2,1-3H3/t14-/m1/s1. The third-order valence-corrected chi connectivity index (χ3v) is 6.04. The Bertz CT molecular complexity index is 1090. The van der Waals surface area contributed by atoms with Crippen molar-refractivity contribution in [2.75, 3.05) is 6.54 Å². The summed E-state index contributed by atoms with van der Waals surface area (Å²) in [5.41, 5.74) is 0.669. The Morgan fingerprint density at radius 3 is 2.77 bits per heavy atom. The lowest BCUT2D eigenvalue weighted by Crippen LogP contribution is -2.31. The molecule has 160 valence electrons. The minimum atomic E-state index is -4.57. The number of halogens is 3. The average Bonchev–Trinajstić information content (AvgIpc) is 3.43. The van der Waals surface area contributed by atoms with E-state index in [-0.39, 0.29) is 17.5 Å². The summed E-state index contributed by atoms with van der Waals surface area (Å²) in [4.78, 5) is 19.6. The summed E-state index contributed by atoms with van der Waals surface area (Å²) >= 11 is 1.04. The van der Waals surface area contributed by atoms with E-state index in [1.165, 1.54) is 0 Å². The molecule has 1 aliphatic rings. The molecule has 0 bridgehead atoms. The molecule has 1 amide bonds. The van der Waals surface area contributed by atoms with E-state index >= 15 is 0 Å². The van der Waals surface area contributed by atoms with Gasteiger partial charge in [0.15, 0.2) is 5.65 Å². The first-order valence-corrected chi connectivity index (χ1v) is 10.6. The van der Waals surface area contributed by atoms with Gasteiger partial charge in [0.05, 0.1) is 17.4 Å². The molecule has 3 aromatic rings. The summed E-state index contributed by atoms with van der Waals surface area (Å²) in [6, 6.07) is 2.19. The SMILES string of the molecule is CCc1nnsc1C(=O)N1CCC[C@@H]1c1cc2nc(C(C)C)cc(C(F)(F)F)n2n1. The highest BCUT2D eigenvalue weighted by Gasteiger charge is 2.38. The van der Waals surface area contributed by atoms with Crippen LogP contribution in [0.5, 0.6) is 0 Å². The Morgan fingerprint density at radius 2 is 2.10 bits per heavy atom. The maximum absolute atomic E-state index is 13.7. The third kappa shape index (κ3) is 3.55. The van der Waals surface area contributed by atoms with Crippen molar-refractivity contribution < 1.29 is 18.0 Å². The molecule has 11 heteroatoms. The Labute approximate surface area is 175 Å². The van der Waals surface area contributed by atoms with Crippen molar-refractivity contribution in [2.24, 2.45) is 0 Å². The van der Waals surface area contributed by atoms with Crippen LogP contribution in [-0.2, 0) is 12.6 Å². The molecule has 4 heterocycles. The fraction of sp³-hybridized carbons (Fsp3) is 0.526. The van der Waals surface area contributed by atoms with E-state index in [1.54, 1.807) is 24.8 Å². The molecule has 0 radical (unpaired) electrons. The Balaban J connectivity index is 1.76. The van der Waals surface area contributed by atoms with E-state index in [9.17, 15) is 18.0 Å². The zero-order valence-electron chi connectivity index (χ0n) is 16.8. The lowest BCUT2D eigenvalue weighted by molar-refractivity contribution is -0.142. The van der Waals surface area contributed by atoms with Crippen LogP contribution in [0, 0.1) is 0 Å². The summed E-state index contributed by atoms with van der Waals surface area (Å²) in [5, 5.41) is 8.22. The Morgan fingerprint density at radius 1 is 1.33 bits per heavy atom. The van der Waals surface area contributed by atoms with Crippen LogP contribution in [0.4, 0.5) is 13.2 Å². The summed E-state index contributed by atoms with van der Waals surface area (Å²) in [6.45, 7) is 5.99. The van der Waals surface area contributed by atoms with Crippen molar-refractivity contribution in [2.45, 2.75) is 58.2 Å². The van der Waals surface area contributed by atoms with E-state index in [0.29, 0.717) is 41.3 Å². The van der Waals surface area contributed by atoms with Crippen LogP contribution in [0.3, 0.4) is 0 Å². The van der Waals surface area contributed by atoms with Crippen molar-refractivity contribution in [3.05, 3.63) is 39.8 Å². The number of hydrogen-bond donors (Lipinski definition) is 0. The van der Waals surface area contributed by atoms with Crippen molar-refractivity contribution in [3.63, 3.8) is 0 Å². The number of likely N-dealkylation sites (tertiary alicyclic amines) is 1. The van der Waals surface area contributed by atoms with Gasteiger partial charge < -0.3 is 4.90 Å². The summed E-state index contributed by atoms with van der Waals surface area (Å²) in [7, 11) is 0. The first-order valence-electron chi connectivity index (χ1n) is 9.80. The molecule has 1 saturated heterocycles. The van der Waals surface area contributed by atoms with Crippen LogP contribution in [0.2, 0.25) is 0 Å². The smallest absolute Gasteiger partial charge is 0.329 e. The molecule has 7 nitrogen and oxygen atoms in total. The molecule has 1 aliphatic heterocycles. The van der Waals surface area contributed by atoms with Crippen LogP contribution in [0.15, 0.2) is 12.1 Å². The number of carbonyl (C=O) groups excluding carboxylic acids is 1. The molecule has 0 saturated carbocycles. The van der Waals surface area contributed by atoms with Gasteiger partial charge in [0.2, 0.25) is 0 Å². The highest BCUT2D eigenvalue weighted by atomic mass is 32.1. The van der Waals surface area contributed by atoms with Crippen LogP contribution >= 0.6 is 11.5 Å². The molecule has 4 rings (SSSR count). The van der Waals surface area contributed by atoms with E-state index in [2.05, 4.69) is 19.7 Å². The first kappa shape index (κ1) is 20.7. The topological polar surface area (TPSA) is 76.3 Å². The van der Waals surface area contributed by atoms with Crippen molar-refractivity contribution in [1.29, 1.82) is 0 Å². The fourth-order valence-electron chi connectivity index (χ4n) is 3.72. The predicted molar refractivity (Wildman–Crippen MR) is 104 cm³/mol. The second-order valence-corrected chi connectivity index (χ2v) is 8.37. The highest BCUT2D eigenvalue weighted by molar-refractivity contribution is 7.08. The molecule has 0 spiro atoms. The molecule has 0 aliphatic carbocycles. The molecule has 0 aromatic carbocycles. The number of amides is 1. The molecule has 1 fully saturated rings. The second-order valence-electron chi connectivity index (χ2n) is 7.62. The number of nitrogens with zero attached hydrogens (tertiary/aromatic N) is 6. The van der Waals surface area contributed by atoms with Crippen molar-refractivity contribution in [3.8, 4) is 0 Å². The molecule has 0 unspecified atom stereocenters. The number of carbonyl (C=O) groups is 1. The molecule has 30 heavy (non-hydrogen) atoms. The number of alkyl halides is 3. The van der Waals surface area contributed by atoms with E-state index in [1.807, 2.05) is 6.92 Å². The number of fused-ring (bicyclic) bond motifs is 1. The van der Waals surface area contributed by atoms with Gasteiger partial charge in [0, 0.05) is 18.3 Å². The molecular formula is C19H21F3N6OS. The van der Waals surface area contributed by atoms with Crippen LogP contribution in [0.1, 0.15) is 78.0 Å². The van der Waals surface area contributed by atoms with Gasteiger partial charge in [-0.3, -0.25) is 4.79 Å². The minimum Gasteiger partial charge on any atom is -0.329 e. The largest absolute Gasteiger partial charge is 0.433 e. The molecule has 0 N–H and O–H groups in total. The third-order valence-electron chi connectivity index (χ3n) is 5.29. The maximum atomic E-state index is 13.7. The quantitative estimate of drug-likeness (QED) is 0.608. The van der Waals surface area contributed by atoms with Gasteiger partial charge in [-0.05, 0) is 42.8 Å². The summed E-state index contributed by atoms with van der Waals surface area (Å²) in [6.07, 6.45) is -2.61. The second kappa shape index (κ2) is 7.60. The van der Waals surface area contributed by atoms with E-state index in [0.717, 1.165) is 28.5 Å². The summed E-state index contributed by atoms with van der Waals surface area (Å²) in [5.74, 6) is -0.362. The normalized spacial score (nSPS) is 17.4. The van der Waals surface area contributed by atoms with Gasteiger partial charge in [-0.2, -0.15) is 18.3 Å².